The average molecular weight is 572 g/mol. The molecule has 6 aromatic rings. The third-order valence-corrected chi connectivity index (χ3v) is 7.43. The summed E-state index contributed by atoms with van der Waals surface area (Å²) in [5.74, 6) is 0. The number of hydrogen-bond donors (Lipinski definition) is 1. The zero-order valence-corrected chi connectivity index (χ0v) is 25.8. The summed E-state index contributed by atoms with van der Waals surface area (Å²) in [5.41, 5.74) is 13.3. The Labute approximate surface area is 261 Å². The fourth-order valence-corrected chi connectivity index (χ4v) is 5.10. The van der Waals surface area contributed by atoms with E-state index in [0.29, 0.717) is 5.71 Å². The maximum Gasteiger partial charge on any atom is 0.0708 e. The number of pyridine rings is 2. The summed E-state index contributed by atoms with van der Waals surface area (Å²) in [5, 5.41) is 8.24. The summed E-state index contributed by atoms with van der Waals surface area (Å²) in [6.07, 6.45) is 7.56. The van der Waals surface area contributed by atoms with Crippen molar-refractivity contribution in [3.8, 4) is 55.9 Å². The lowest BCUT2D eigenvalue weighted by Crippen LogP contribution is -1.94. The predicted octanol–water partition coefficient (Wildman–Crippen LogP) is 11.1. The lowest BCUT2D eigenvalue weighted by atomic mass is 9.91. The van der Waals surface area contributed by atoms with Crippen molar-refractivity contribution in [2.45, 2.75) is 27.7 Å². The van der Waals surface area contributed by atoms with Crippen molar-refractivity contribution in [2.24, 2.45) is 0 Å². The van der Waals surface area contributed by atoms with Crippen molar-refractivity contribution < 1.29 is 0 Å². The molecule has 0 aliphatic carbocycles. The van der Waals surface area contributed by atoms with Gasteiger partial charge in [-0.25, -0.2) is 0 Å². The van der Waals surface area contributed by atoms with Crippen molar-refractivity contribution in [3.63, 3.8) is 0 Å². The van der Waals surface area contributed by atoms with Gasteiger partial charge in [0.15, 0.2) is 0 Å². The van der Waals surface area contributed by atoms with Gasteiger partial charge in [0.1, 0.15) is 0 Å². The molecule has 2 aromatic heterocycles. The molecular formula is C41H37N3. The van der Waals surface area contributed by atoms with Crippen molar-refractivity contribution in [1.29, 1.82) is 5.41 Å². The first-order chi connectivity index (χ1) is 21.6. The molecule has 0 saturated heterocycles. The number of hydrogen-bond acceptors (Lipinski definition) is 3. The molecule has 0 aliphatic rings. The molecule has 44 heavy (non-hydrogen) atoms. The first-order valence-electron chi connectivity index (χ1n) is 15.1. The molecule has 0 aliphatic heterocycles. The SMILES string of the molecule is C/C=C\C(=N)c1ccc(-c2ccc(-c3ccc(-c4ccccc4)cn3)c(-c3ccc(-c4ccc(C)cn4)cc3)c2)cc1.CC. The van der Waals surface area contributed by atoms with Gasteiger partial charge >= 0.3 is 0 Å². The van der Waals surface area contributed by atoms with Crippen LogP contribution in [0.4, 0.5) is 0 Å². The standard InChI is InChI=1S/C39H31N3.C2H6/c1-3-7-37(40)31-15-11-29(12-16-31)33-19-21-35(39-23-20-34(26-42-39)28-8-5-4-6-9-28)36(24-33)30-13-17-32(18-14-30)38-22-10-27(2)25-41-38;1-2/h3-26,40H,1-2H3;1-2H3/b7-3-,40-37?;. The van der Waals surface area contributed by atoms with Crippen LogP contribution >= 0.6 is 0 Å². The van der Waals surface area contributed by atoms with Crippen LogP contribution in [0.25, 0.3) is 55.9 Å². The normalized spacial score (nSPS) is 10.7. The zero-order valence-electron chi connectivity index (χ0n) is 25.8. The van der Waals surface area contributed by atoms with E-state index < -0.39 is 0 Å². The molecule has 216 valence electrons. The number of aromatic nitrogens is 2. The van der Waals surface area contributed by atoms with Crippen LogP contribution in [0.3, 0.4) is 0 Å². The molecule has 0 radical (unpaired) electrons. The van der Waals surface area contributed by atoms with Gasteiger partial charge in [-0.2, -0.15) is 0 Å². The molecule has 3 nitrogen and oxygen atoms in total. The summed E-state index contributed by atoms with van der Waals surface area (Å²) in [6.45, 7) is 7.98. The number of benzene rings is 4. The molecule has 2 heterocycles. The maximum absolute atomic E-state index is 8.24. The lowest BCUT2D eigenvalue weighted by Gasteiger charge is -2.14. The van der Waals surface area contributed by atoms with Crippen LogP contribution in [-0.4, -0.2) is 15.7 Å². The highest BCUT2D eigenvalue weighted by Gasteiger charge is 2.13. The van der Waals surface area contributed by atoms with Crippen LogP contribution in [0, 0.1) is 12.3 Å². The van der Waals surface area contributed by atoms with E-state index in [1.807, 2.05) is 75.6 Å². The Kier molecular flexibility index (Phi) is 9.68. The molecule has 3 heteroatoms. The van der Waals surface area contributed by atoms with Gasteiger partial charge in [-0.1, -0.05) is 123 Å². The highest BCUT2D eigenvalue weighted by molar-refractivity contribution is 6.06. The predicted molar refractivity (Wildman–Crippen MR) is 187 cm³/mol. The summed E-state index contributed by atoms with van der Waals surface area (Å²) in [7, 11) is 0. The summed E-state index contributed by atoms with van der Waals surface area (Å²) >= 11 is 0. The van der Waals surface area contributed by atoms with Gasteiger partial charge < -0.3 is 5.41 Å². The van der Waals surface area contributed by atoms with Crippen molar-refractivity contribution in [3.05, 3.63) is 157 Å². The van der Waals surface area contributed by atoms with E-state index in [1.54, 1.807) is 0 Å². The highest BCUT2D eigenvalue weighted by Crippen LogP contribution is 2.36. The minimum absolute atomic E-state index is 0.508. The second-order valence-electron chi connectivity index (χ2n) is 10.3. The third-order valence-electron chi connectivity index (χ3n) is 7.43. The van der Waals surface area contributed by atoms with E-state index in [4.69, 9.17) is 10.4 Å². The smallest absolute Gasteiger partial charge is 0.0708 e. The average Bonchev–Trinajstić information content (AvgIpc) is 3.10. The molecule has 0 atom stereocenters. The number of allylic oxidation sites excluding steroid dienone is 2. The second kappa shape index (κ2) is 14.2. The maximum atomic E-state index is 8.24. The van der Waals surface area contributed by atoms with Gasteiger partial charge in [0.05, 0.1) is 17.1 Å². The molecule has 0 fully saturated rings. The highest BCUT2D eigenvalue weighted by atomic mass is 14.7. The van der Waals surface area contributed by atoms with Crippen LogP contribution in [-0.2, 0) is 0 Å². The minimum atomic E-state index is 0.508. The van der Waals surface area contributed by atoms with Crippen molar-refractivity contribution >= 4 is 5.71 Å². The number of aryl methyl sites for hydroxylation is 1. The van der Waals surface area contributed by atoms with Crippen LogP contribution < -0.4 is 0 Å². The van der Waals surface area contributed by atoms with E-state index in [-0.39, 0.29) is 0 Å². The van der Waals surface area contributed by atoms with Gasteiger partial charge in [0, 0.05) is 29.1 Å². The Balaban J connectivity index is 0.00000188. The van der Waals surface area contributed by atoms with Gasteiger partial charge in [0.25, 0.3) is 0 Å². The monoisotopic (exact) mass is 571 g/mol. The topological polar surface area (TPSA) is 49.6 Å². The zero-order chi connectivity index (χ0) is 30.9. The molecule has 0 amide bonds. The summed E-state index contributed by atoms with van der Waals surface area (Å²) in [4.78, 5) is 9.50. The molecular weight excluding hydrogens is 534 g/mol. The number of nitrogens with one attached hydrogen (secondary N) is 1. The Hall–Kier alpha value is -5.41. The van der Waals surface area contributed by atoms with Crippen LogP contribution in [0.15, 0.2) is 146 Å². The first-order valence-corrected chi connectivity index (χ1v) is 15.1. The number of rotatable bonds is 7. The van der Waals surface area contributed by atoms with Crippen LogP contribution in [0.1, 0.15) is 31.9 Å². The summed E-state index contributed by atoms with van der Waals surface area (Å²) < 4.78 is 0. The number of nitrogens with zero attached hydrogens (tertiary/aromatic N) is 2. The fourth-order valence-electron chi connectivity index (χ4n) is 5.10. The first kappa shape index (κ1) is 30.1. The van der Waals surface area contributed by atoms with E-state index in [0.717, 1.165) is 67.0 Å². The van der Waals surface area contributed by atoms with Gasteiger partial charge in [-0.05, 0) is 77.1 Å². The van der Waals surface area contributed by atoms with E-state index in [1.165, 1.54) is 0 Å². The van der Waals surface area contributed by atoms with E-state index >= 15 is 0 Å². The van der Waals surface area contributed by atoms with Crippen LogP contribution in [0.2, 0.25) is 0 Å². The van der Waals surface area contributed by atoms with Gasteiger partial charge in [0.2, 0.25) is 0 Å². The fraction of sp³-hybridized carbons (Fsp3) is 0.0976. The molecule has 0 bridgehead atoms. The Morgan fingerprint density at radius 3 is 1.77 bits per heavy atom. The second-order valence-corrected chi connectivity index (χ2v) is 10.3. The quantitative estimate of drug-likeness (QED) is 0.194. The molecule has 0 spiro atoms. The van der Waals surface area contributed by atoms with Crippen molar-refractivity contribution in [2.75, 3.05) is 0 Å². The molecule has 0 saturated carbocycles. The Bertz CT molecular complexity index is 1850. The minimum Gasteiger partial charge on any atom is -0.300 e. The lowest BCUT2D eigenvalue weighted by molar-refractivity contribution is 1.27. The van der Waals surface area contributed by atoms with E-state index in [9.17, 15) is 0 Å². The largest absolute Gasteiger partial charge is 0.300 e. The third kappa shape index (κ3) is 6.79. The summed E-state index contributed by atoms with van der Waals surface area (Å²) in [6, 6.07) is 42.1. The van der Waals surface area contributed by atoms with E-state index in [2.05, 4.69) is 103 Å². The van der Waals surface area contributed by atoms with Gasteiger partial charge in [-0.15, -0.1) is 0 Å². The molecule has 1 N–H and O–H groups in total. The molecule has 0 unspecified atom stereocenters. The Morgan fingerprint density at radius 2 is 1.14 bits per heavy atom. The van der Waals surface area contributed by atoms with Crippen molar-refractivity contribution in [1.82, 2.24) is 9.97 Å². The van der Waals surface area contributed by atoms with Gasteiger partial charge in [-0.3, -0.25) is 9.97 Å². The molecule has 4 aromatic carbocycles. The van der Waals surface area contributed by atoms with Crippen LogP contribution in [0.5, 0.6) is 0 Å². The Morgan fingerprint density at radius 1 is 0.545 bits per heavy atom. The molecule has 6 rings (SSSR count).